The molecule has 82 valence electrons. The molecule has 0 radical (unpaired) electrons. The molecule has 1 nitrogen and oxygen atoms in total. The van der Waals surface area contributed by atoms with Gasteiger partial charge in [-0.05, 0) is 56.8 Å². The van der Waals surface area contributed by atoms with Crippen LogP contribution in [0, 0.1) is 13.8 Å². The van der Waals surface area contributed by atoms with Crippen molar-refractivity contribution in [3.63, 3.8) is 0 Å². The Morgan fingerprint density at radius 3 is 2.53 bits per heavy atom. The van der Waals surface area contributed by atoms with E-state index in [-0.39, 0.29) is 0 Å². The minimum atomic E-state index is 0.650. The van der Waals surface area contributed by atoms with Crippen LogP contribution in [-0.2, 0) is 0 Å². The topological polar surface area (TPSA) is 12.0 Å². The second kappa shape index (κ2) is 4.54. The van der Waals surface area contributed by atoms with Crippen molar-refractivity contribution in [3.8, 4) is 0 Å². The standard InChI is InChI=1S/C13H18ClN/c1-9-7-10(2)13(14)12(8-9)11-3-5-15-6-4-11/h7-8,11,15H,3-6H2,1-2H3. The first-order valence-corrected chi connectivity index (χ1v) is 6.03. The predicted molar refractivity (Wildman–Crippen MR) is 65.8 cm³/mol. The minimum Gasteiger partial charge on any atom is -0.317 e. The Labute approximate surface area is 96.8 Å². The van der Waals surface area contributed by atoms with E-state index in [1.807, 2.05) is 0 Å². The highest BCUT2D eigenvalue weighted by molar-refractivity contribution is 6.32. The van der Waals surface area contributed by atoms with Crippen molar-refractivity contribution in [1.29, 1.82) is 0 Å². The van der Waals surface area contributed by atoms with Crippen LogP contribution in [0.4, 0.5) is 0 Å². The number of benzene rings is 1. The summed E-state index contributed by atoms with van der Waals surface area (Å²) in [6.45, 7) is 6.48. The molecule has 0 spiro atoms. The van der Waals surface area contributed by atoms with Crippen LogP contribution in [0.1, 0.15) is 35.4 Å². The summed E-state index contributed by atoms with van der Waals surface area (Å²) in [7, 11) is 0. The molecule has 0 aliphatic carbocycles. The molecule has 2 rings (SSSR count). The van der Waals surface area contributed by atoms with Crippen molar-refractivity contribution >= 4 is 11.6 Å². The zero-order valence-corrected chi connectivity index (χ0v) is 10.2. The van der Waals surface area contributed by atoms with Crippen LogP contribution < -0.4 is 5.32 Å². The summed E-state index contributed by atoms with van der Waals surface area (Å²) in [6.07, 6.45) is 2.42. The highest BCUT2D eigenvalue weighted by atomic mass is 35.5. The predicted octanol–water partition coefficient (Wildman–Crippen LogP) is 3.42. The average Bonchev–Trinajstić information content (AvgIpc) is 2.24. The molecular formula is C13H18ClN. The van der Waals surface area contributed by atoms with Crippen LogP contribution in [0.25, 0.3) is 0 Å². The van der Waals surface area contributed by atoms with E-state index in [0.29, 0.717) is 5.92 Å². The quantitative estimate of drug-likeness (QED) is 0.770. The average molecular weight is 224 g/mol. The van der Waals surface area contributed by atoms with Gasteiger partial charge in [0.05, 0.1) is 0 Å². The molecule has 0 amide bonds. The number of aryl methyl sites for hydroxylation is 2. The van der Waals surface area contributed by atoms with E-state index in [4.69, 9.17) is 11.6 Å². The lowest BCUT2D eigenvalue weighted by molar-refractivity contribution is 0.460. The summed E-state index contributed by atoms with van der Waals surface area (Å²) >= 11 is 6.38. The maximum Gasteiger partial charge on any atom is 0.0470 e. The summed E-state index contributed by atoms with van der Waals surface area (Å²) in [5, 5.41) is 4.37. The van der Waals surface area contributed by atoms with Gasteiger partial charge in [0.1, 0.15) is 0 Å². The zero-order valence-electron chi connectivity index (χ0n) is 9.44. The molecule has 1 aromatic rings. The molecule has 1 aliphatic rings. The maximum atomic E-state index is 6.38. The van der Waals surface area contributed by atoms with Crippen molar-refractivity contribution < 1.29 is 0 Å². The lowest BCUT2D eigenvalue weighted by Crippen LogP contribution is -2.26. The van der Waals surface area contributed by atoms with Crippen LogP contribution >= 0.6 is 11.6 Å². The molecule has 0 aromatic heterocycles. The third-order valence-corrected chi connectivity index (χ3v) is 3.72. The van der Waals surface area contributed by atoms with Gasteiger partial charge in [-0.3, -0.25) is 0 Å². The van der Waals surface area contributed by atoms with Gasteiger partial charge in [-0.15, -0.1) is 0 Å². The Morgan fingerprint density at radius 1 is 1.20 bits per heavy atom. The van der Waals surface area contributed by atoms with E-state index < -0.39 is 0 Å². The molecule has 0 saturated carbocycles. The fraction of sp³-hybridized carbons (Fsp3) is 0.538. The zero-order chi connectivity index (χ0) is 10.8. The van der Waals surface area contributed by atoms with Crippen LogP contribution in [0.2, 0.25) is 5.02 Å². The molecule has 1 aliphatic heterocycles. The van der Waals surface area contributed by atoms with Crippen molar-refractivity contribution in [2.45, 2.75) is 32.6 Å². The number of hydrogen-bond donors (Lipinski definition) is 1. The van der Waals surface area contributed by atoms with Crippen molar-refractivity contribution in [2.75, 3.05) is 13.1 Å². The molecule has 15 heavy (non-hydrogen) atoms. The second-order valence-electron chi connectivity index (χ2n) is 4.51. The summed E-state index contributed by atoms with van der Waals surface area (Å²) < 4.78 is 0. The first-order chi connectivity index (χ1) is 7.18. The highest BCUT2D eigenvalue weighted by Gasteiger charge is 2.18. The second-order valence-corrected chi connectivity index (χ2v) is 4.89. The fourth-order valence-corrected chi connectivity index (χ4v) is 2.68. The largest absolute Gasteiger partial charge is 0.317 e. The van der Waals surface area contributed by atoms with Crippen LogP contribution in [-0.4, -0.2) is 13.1 Å². The summed E-state index contributed by atoms with van der Waals surface area (Å²) in [4.78, 5) is 0. The van der Waals surface area contributed by atoms with Crippen molar-refractivity contribution in [2.24, 2.45) is 0 Å². The SMILES string of the molecule is Cc1cc(C)c(Cl)c(C2CCNCC2)c1. The monoisotopic (exact) mass is 223 g/mol. The number of rotatable bonds is 1. The summed E-state index contributed by atoms with van der Waals surface area (Å²) in [5.41, 5.74) is 3.89. The van der Waals surface area contributed by atoms with Gasteiger partial charge >= 0.3 is 0 Å². The molecule has 1 aromatic carbocycles. The smallest absolute Gasteiger partial charge is 0.0470 e. The Bertz CT molecular complexity index is 354. The van der Waals surface area contributed by atoms with Crippen molar-refractivity contribution in [3.05, 3.63) is 33.8 Å². The molecule has 0 bridgehead atoms. The van der Waals surface area contributed by atoms with Crippen LogP contribution in [0.15, 0.2) is 12.1 Å². The van der Waals surface area contributed by atoms with Gasteiger partial charge in [-0.2, -0.15) is 0 Å². The van der Waals surface area contributed by atoms with Crippen LogP contribution in [0.3, 0.4) is 0 Å². The number of nitrogens with one attached hydrogen (secondary N) is 1. The number of halogens is 1. The lowest BCUT2D eigenvalue weighted by atomic mass is 9.88. The van der Waals surface area contributed by atoms with E-state index in [2.05, 4.69) is 31.3 Å². The molecular weight excluding hydrogens is 206 g/mol. The Morgan fingerprint density at radius 2 is 1.87 bits per heavy atom. The summed E-state index contributed by atoms with van der Waals surface area (Å²) in [6, 6.07) is 4.41. The van der Waals surface area contributed by atoms with E-state index in [1.165, 1.54) is 29.5 Å². The highest BCUT2D eigenvalue weighted by Crippen LogP contribution is 2.33. The van der Waals surface area contributed by atoms with Gasteiger partial charge in [0.25, 0.3) is 0 Å². The van der Waals surface area contributed by atoms with Gasteiger partial charge in [0, 0.05) is 5.02 Å². The third-order valence-electron chi connectivity index (χ3n) is 3.21. The first kappa shape index (κ1) is 11.0. The molecule has 0 unspecified atom stereocenters. The summed E-state index contributed by atoms with van der Waals surface area (Å²) in [5.74, 6) is 0.650. The number of piperidine rings is 1. The van der Waals surface area contributed by atoms with Gasteiger partial charge < -0.3 is 5.32 Å². The van der Waals surface area contributed by atoms with Crippen LogP contribution in [0.5, 0.6) is 0 Å². The fourth-order valence-electron chi connectivity index (χ4n) is 2.41. The maximum absolute atomic E-state index is 6.38. The Hall–Kier alpha value is -0.530. The minimum absolute atomic E-state index is 0.650. The molecule has 2 heteroatoms. The molecule has 1 fully saturated rings. The normalized spacial score (nSPS) is 18.1. The van der Waals surface area contributed by atoms with Gasteiger partial charge in [-0.1, -0.05) is 29.3 Å². The Kier molecular flexibility index (Phi) is 3.32. The first-order valence-electron chi connectivity index (χ1n) is 5.66. The molecule has 1 heterocycles. The van der Waals surface area contributed by atoms with E-state index >= 15 is 0 Å². The molecule has 0 atom stereocenters. The van der Waals surface area contributed by atoms with Gasteiger partial charge in [0.2, 0.25) is 0 Å². The molecule has 1 saturated heterocycles. The Balaban J connectivity index is 2.33. The van der Waals surface area contributed by atoms with Gasteiger partial charge in [-0.25, -0.2) is 0 Å². The third kappa shape index (κ3) is 2.35. The van der Waals surface area contributed by atoms with Crippen molar-refractivity contribution in [1.82, 2.24) is 5.32 Å². The van der Waals surface area contributed by atoms with Gasteiger partial charge in [0.15, 0.2) is 0 Å². The lowest BCUT2D eigenvalue weighted by Gasteiger charge is -2.24. The van der Waals surface area contributed by atoms with E-state index in [0.717, 1.165) is 18.1 Å². The van der Waals surface area contributed by atoms with E-state index in [1.54, 1.807) is 0 Å². The number of hydrogen-bond acceptors (Lipinski definition) is 1. The van der Waals surface area contributed by atoms with E-state index in [9.17, 15) is 0 Å². The molecule has 1 N–H and O–H groups in total.